The summed E-state index contributed by atoms with van der Waals surface area (Å²) in [5.41, 5.74) is 6.40. The van der Waals surface area contributed by atoms with Crippen molar-refractivity contribution >= 4 is 0 Å². The standard InChI is InChI=1S/C15H33N/c1-5-14(16)12-10-8-6-7-9-11-13-15(2,3)4/h14H,5-13,16H2,1-4H3. The Labute approximate surface area is 103 Å². The zero-order chi connectivity index (χ0) is 12.4. The second-order valence-electron chi connectivity index (χ2n) is 6.39. The van der Waals surface area contributed by atoms with Gasteiger partial charge < -0.3 is 5.73 Å². The first-order valence-electron chi connectivity index (χ1n) is 7.21. The van der Waals surface area contributed by atoms with Gasteiger partial charge in [-0.25, -0.2) is 0 Å². The molecule has 0 amide bonds. The van der Waals surface area contributed by atoms with Crippen LogP contribution in [0.1, 0.15) is 85.5 Å². The van der Waals surface area contributed by atoms with Crippen molar-refractivity contribution in [2.75, 3.05) is 0 Å². The van der Waals surface area contributed by atoms with E-state index in [1.165, 1.54) is 51.4 Å². The van der Waals surface area contributed by atoms with Crippen LogP contribution in [0.4, 0.5) is 0 Å². The Hall–Kier alpha value is -0.0400. The predicted octanol–water partition coefficient (Wildman–Crippen LogP) is 4.89. The van der Waals surface area contributed by atoms with Crippen LogP contribution in [-0.2, 0) is 0 Å². The summed E-state index contributed by atoms with van der Waals surface area (Å²) in [5.74, 6) is 0. The normalized spacial score (nSPS) is 14.1. The average molecular weight is 227 g/mol. The van der Waals surface area contributed by atoms with Crippen LogP contribution in [-0.4, -0.2) is 6.04 Å². The molecule has 1 atom stereocenters. The lowest BCUT2D eigenvalue weighted by molar-refractivity contribution is 0.356. The molecule has 0 bridgehead atoms. The van der Waals surface area contributed by atoms with Gasteiger partial charge in [0, 0.05) is 6.04 Å². The summed E-state index contributed by atoms with van der Waals surface area (Å²) in [7, 11) is 0. The van der Waals surface area contributed by atoms with E-state index in [0.29, 0.717) is 11.5 Å². The molecule has 0 aliphatic carbocycles. The topological polar surface area (TPSA) is 26.0 Å². The van der Waals surface area contributed by atoms with Crippen LogP contribution >= 0.6 is 0 Å². The Bertz CT molecular complexity index is 146. The van der Waals surface area contributed by atoms with E-state index in [-0.39, 0.29) is 0 Å². The van der Waals surface area contributed by atoms with Crippen LogP contribution in [0.25, 0.3) is 0 Å². The van der Waals surface area contributed by atoms with E-state index >= 15 is 0 Å². The maximum Gasteiger partial charge on any atom is 0.00362 e. The first-order valence-corrected chi connectivity index (χ1v) is 7.21. The lowest BCUT2D eigenvalue weighted by atomic mass is 9.89. The molecule has 0 heterocycles. The van der Waals surface area contributed by atoms with Crippen molar-refractivity contribution in [1.29, 1.82) is 0 Å². The molecule has 1 unspecified atom stereocenters. The quantitative estimate of drug-likeness (QED) is 0.558. The lowest BCUT2D eigenvalue weighted by Gasteiger charge is -2.17. The third-order valence-electron chi connectivity index (χ3n) is 3.28. The Kier molecular flexibility index (Phi) is 9.02. The van der Waals surface area contributed by atoms with Crippen molar-refractivity contribution in [3.8, 4) is 0 Å². The van der Waals surface area contributed by atoms with Gasteiger partial charge in [-0.05, 0) is 24.7 Å². The van der Waals surface area contributed by atoms with Crippen molar-refractivity contribution in [2.45, 2.75) is 91.5 Å². The van der Waals surface area contributed by atoms with E-state index in [2.05, 4.69) is 27.7 Å². The Morgan fingerprint density at radius 1 is 0.875 bits per heavy atom. The summed E-state index contributed by atoms with van der Waals surface area (Å²) in [6.45, 7) is 9.18. The Morgan fingerprint density at radius 2 is 1.38 bits per heavy atom. The van der Waals surface area contributed by atoms with Crippen molar-refractivity contribution in [3.63, 3.8) is 0 Å². The van der Waals surface area contributed by atoms with Gasteiger partial charge in [0.2, 0.25) is 0 Å². The predicted molar refractivity (Wildman–Crippen MR) is 74.7 cm³/mol. The minimum atomic E-state index is 0.445. The third kappa shape index (κ3) is 12.0. The van der Waals surface area contributed by atoms with E-state index in [0.717, 1.165) is 6.42 Å². The van der Waals surface area contributed by atoms with Crippen molar-refractivity contribution < 1.29 is 0 Å². The maximum atomic E-state index is 5.88. The fraction of sp³-hybridized carbons (Fsp3) is 1.00. The van der Waals surface area contributed by atoms with Crippen LogP contribution in [0.3, 0.4) is 0 Å². The Balaban J connectivity index is 3.10. The van der Waals surface area contributed by atoms with Gasteiger partial charge in [-0.3, -0.25) is 0 Å². The summed E-state index contributed by atoms with van der Waals surface area (Å²) < 4.78 is 0. The van der Waals surface area contributed by atoms with Gasteiger partial charge in [-0.1, -0.05) is 66.2 Å². The molecule has 98 valence electrons. The molecule has 1 nitrogen and oxygen atoms in total. The highest BCUT2D eigenvalue weighted by Gasteiger charge is 2.08. The van der Waals surface area contributed by atoms with E-state index in [1.54, 1.807) is 0 Å². The van der Waals surface area contributed by atoms with Crippen molar-refractivity contribution in [2.24, 2.45) is 11.1 Å². The summed E-state index contributed by atoms with van der Waals surface area (Å²) in [4.78, 5) is 0. The number of nitrogens with two attached hydrogens (primary N) is 1. The van der Waals surface area contributed by atoms with Gasteiger partial charge in [-0.15, -0.1) is 0 Å². The highest BCUT2D eigenvalue weighted by atomic mass is 14.6. The van der Waals surface area contributed by atoms with Gasteiger partial charge in [0.15, 0.2) is 0 Å². The fourth-order valence-corrected chi connectivity index (χ4v) is 1.97. The molecule has 0 spiro atoms. The van der Waals surface area contributed by atoms with Crippen LogP contribution in [0.15, 0.2) is 0 Å². The number of rotatable bonds is 9. The number of hydrogen-bond donors (Lipinski definition) is 1. The zero-order valence-corrected chi connectivity index (χ0v) is 12.0. The van der Waals surface area contributed by atoms with E-state index in [4.69, 9.17) is 5.73 Å². The number of unbranched alkanes of at least 4 members (excludes halogenated alkanes) is 5. The second-order valence-corrected chi connectivity index (χ2v) is 6.39. The molecular formula is C15H33N. The molecule has 0 radical (unpaired) electrons. The molecular weight excluding hydrogens is 194 g/mol. The third-order valence-corrected chi connectivity index (χ3v) is 3.28. The molecule has 1 heteroatoms. The van der Waals surface area contributed by atoms with Gasteiger partial charge in [0.1, 0.15) is 0 Å². The SMILES string of the molecule is CCC(N)CCCCCCCCC(C)(C)C. The summed E-state index contributed by atoms with van der Waals surface area (Å²) >= 11 is 0. The first-order chi connectivity index (χ1) is 7.45. The molecule has 0 rings (SSSR count). The second kappa shape index (κ2) is 9.04. The minimum Gasteiger partial charge on any atom is -0.328 e. The molecule has 0 aliphatic heterocycles. The van der Waals surface area contributed by atoms with E-state index in [9.17, 15) is 0 Å². The van der Waals surface area contributed by atoms with Gasteiger partial charge in [0.25, 0.3) is 0 Å². The van der Waals surface area contributed by atoms with Gasteiger partial charge in [-0.2, -0.15) is 0 Å². The number of hydrogen-bond acceptors (Lipinski definition) is 1. The first kappa shape index (κ1) is 16.0. The van der Waals surface area contributed by atoms with E-state index in [1.807, 2.05) is 0 Å². The fourth-order valence-electron chi connectivity index (χ4n) is 1.97. The molecule has 0 saturated heterocycles. The highest BCUT2D eigenvalue weighted by Crippen LogP contribution is 2.22. The van der Waals surface area contributed by atoms with Crippen LogP contribution in [0.5, 0.6) is 0 Å². The van der Waals surface area contributed by atoms with Gasteiger partial charge in [0.05, 0.1) is 0 Å². The van der Waals surface area contributed by atoms with Crippen LogP contribution < -0.4 is 5.73 Å². The average Bonchev–Trinajstić information content (AvgIpc) is 2.20. The molecule has 0 aliphatic rings. The highest BCUT2D eigenvalue weighted by molar-refractivity contribution is 4.61. The van der Waals surface area contributed by atoms with Gasteiger partial charge >= 0.3 is 0 Å². The summed E-state index contributed by atoms with van der Waals surface area (Å²) in [6.07, 6.45) is 12.1. The van der Waals surface area contributed by atoms with E-state index < -0.39 is 0 Å². The molecule has 0 aromatic rings. The molecule has 0 aromatic heterocycles. The Morgan fingerprint density at radius 3 is 1.88 bits per heavy atom. The van der Waals surface area contributed by atoms with Crippen molar-refractivity contribution in [1.82, 2.24) is 0 Å². The maximum absolute atomic E-state index is 5.88. The molecule has 0 saturated carbocycles. The molecule has 0 fully saturated rings. The smallest absolute Gasteiger partial charge is 0.00362 e. The van der Waals surface area contributed by atoms with Crippen molar-refractivity contribution in [3.05, 3.63) is 0 Å². The van der Waals surface area contributed by atoms with Crippen LogP contribution in [0, 0.1) is 5.41 Å². The zero-order valence-electron chi connectivity index (χ0n) is 12.0. The molecule has 2 N–H and O–H groups in total. The largest absolute Gasteiger partial charge is 0.328 e. The summed E-state index contributed by atoms with van der Waals surface area (Å²) in [5, 5.41) is 0. The molecule has 16 heavy (non-hydrogen) atoms. The summed E-state index contributed by atoms with van der Waals surface area (Å²) in [6, 6.07) is 0.445. The minimum absolute atomic E-state index is 0.445. The monoisotopic (exact) mass is 227 g/mol. The lowest BCUT2D eigenvalue weighted by Crippen LogP contribution is -2.17. The molecule has 0 aromatic carbocycles. The van der Waals surface area contributed by atoms with Crippen LogP contribution in [0.2, 0.25) is 0 Å².